The summed E-state index contributed by atoms with van der Waals surface area (Å²) in [6.45, 7) is 2.34. The number of nitrogens with zero attached hydrogens (tertiary/aromatic N) is 2. The van der Waals surface area contributed by atoms with Gasteiger partial charge in [0.15, 0.2) is 0 Å². The Morgan fingerprint density at radius 2 is 1.43 bits per heavy atom. The zero-order valence-electron chi connectivity index (χ0n) is 21.7. The van der Waals surface area contributed by atoms with Gasteiger partial charge in [0.25, 0.3) is 0 Å². The fourth-order valence-electron chi connectivity index (χ4n) is 4.72. The number of carboxylic acid groups (broad SMARTS) is 1. The quantitative estimate of drug-likeness (QED) is 0.372. The first-order valence-corrected chi connectivity index (χ1v) is 12.7. The Hall–Kier alpha value is -3.91. The van der Waals surface area contributed by atoms with Gasteiger partial charge in [-0.3, -0.25) is 0 Å². The van der Waals surface area contributed by atoms with E-state index >= 15 is 0 Å². The number of piperidine rings is 1. The molecule has 0 bridgehead atoms. The van der Waals surface area contributed by atoms with Crippen molar-refractivity contribution >= 4 is 5.97 Å². The summed E-state index contributed by atoms with van der Waals surface area (Å²) in [5, 5.41) is 38.5. The number of carboxylic acids is 1. The van der Waals surface area contributed by atoms with E-state index in [1.165, 1.54) is 0 Å². The van der Waals surface area contributed by atoms with Crippen LogP contribution in [0.5, 0.6) is 5.75 Å². The minimum Gasteiger partial charge on any atom is -0.491 e. The van der Waals surface area contributed by atoms with Crippen molar-refractivity contribution in [3.05, 3.63) is 102 Å². The third-order valence-electron chi connectivity index (χ3n) is 6.74. The van der Waals surface area contributed by atoms with Crippen molar-refractivity contribution in [2.45, 2.75) is 30.7 Å². The molecule has 0 unspecified atom stereocenters. The van der Waals surface area contributed by atoms with E-state index in [2.05, 4.69) is 11.0 Å². The number of hydrogen-bond donors (Lipinski definition) is 3. The number of alkyl halides is 3. The SMILES string of the molecule is N#Cc1ccc(OC[C@H](O)CN2CCC(C(O)(c3ccccc3)c3ccccc3)CC2)cc1.O=C(O)C(F)(F)F. The highest BCUT2D eigenvalue weighted by Crippen LogP contribution is 2.41. The summed E-state index contributed by atoms with van der Waals surface area (Å²) in [5.74, 6) is -2.03. The van der Waals surface area contributed by atoms with Crippen LogP contribution >= 0.6 is 0 Å². The summed E-state index contributed by atoms with van der Waals surface area (Å²) in [5.41, 5.74) is 1.39. The summed E-state index contributed by atoms with van der Waals surface area (Å²) < 4.78 is 37.4. The maximum Gasteiger partial charge on any atom is 0.490 e. The van der Waals surface area contributed by atoms with E-state index in [-0.39, 0.29) is 12.5 Å². The third kappa shape index (κ3) is 8.29. The van der Waals surface area contributed by atoms with Gasteiger partial charge in [0.1, 0.15) is 24.1 Å². The lowest BCUT2D eigenvalue weighted by Crippen LogP contribution is -2.46. The highest BCUT2D eigenvalue weighted by atomic mass is 19.4. The van der Waals surface area contributed by atoms with Gasteiger partial charge >= 0.3 is 12.1 Å². The van der Waals surface area contributed by atoms with Crippen LogP contribution in [0, 0.1) is 17.2 Å². The Morgan fingerprint density at radius 1 is 0.950 bits per heavy atom. The topological polar surface area (TPSA) is 114 Å². The van der Waals surface area contributed by atoms with E-state index < -0.39 is 23.9 Å². The molecule has 0 saturated carbocycles. The normalized spacial score (nSPS) is 15.3. The fourth-order valence-corrected chi connectivity index (χ4v) is 4.72. The van der Waals surface area contributed by atoms with Crippen molar-refractivity contribution in [3.63, 3.8) is 0 Å². The Kier molecular flexibility index (Phi) is 10.7. The van der Waals surface area contributed by atoms with Gasteiger partial charge in [-0.15, -0.1) is 0 Å². The lowest BCUT2D eigenvalue weighted by Gasteiger charge is -2.42. The number of nitriles is 1. The summed E-state index contributed by atoms with van der Waals surface area (Å²) in [6, 6.07) is 28.8. The second kappa shape index (κ2) is 13.9. The first kappa shape index (κ1) is 30.6. The standard InChI is InChI=1S/C28H30N2O3.C2HF3O2/c29-19-22-11-13-27(14-12-22)33-21-26(31)20-30-17-15-25(16-18-30)28(32,23-7-3-1-4-8-23)24-9-5-2-6-10-24;3-2(4,5)1(6)7/h1-14,25-26,31-32H,15-18,20-21H2;(H,6,7)/t26-;/m1./s1. The van der Waals surface area contributed by atoms with Crippen molar-refractivity contribution in [2.75, 3.05) is 26.2 Å². The minimum atomic E-state index is -5.08. The maximum atomic E-state index is 12.0. The number of aliphatic hydroxyl groups excluding tert-OH is 1. The van der Waals surface area contributed by atoms with Crippen LogP contribution in [0.3, 0.4) is 0 Å². The van der Waals surface area contributed by atoms with Crippen molar-refractivity contribution in [3.8, 4) is 11.8 Å². The van der Waals surface area contributed by atoms with Crippen molar-refractivity contribution in [1.29, 1.82) is 5.26 Å². The number of hydrogen-bond acceptors (Lipinski definition) is 6. The molecule has 1 aliphatic rings. The van der Waals surface area contributed by atoms with Crippen molar-refractivity contribution in [2.24, 2.45) is 5.92 Å². The molecule has 1 aliphatic heterocycles. The first-order chi connectivity index (χ1) is 19.0. The van der Waals surface area contributed by atoms with Crippen LogP contribution in [-0.4, -0.2) is 64.7 Å². The number of aliphatic carboxylic acids is 1. The smallest absolute Gasteiger partial charge is 0.490 e. The number of aliphatic hydroxyl groups is 2. The largest absolute Gasteiger partial charge is 0.491 e. The molecule has 0 spiro atoms. The van der Waals surface area contributed by atoms with Crippen LogP contribution < -0.4 is 4.74 Å². The molecule has 40 heavy (non-hydrogen) atoms. The predicted molar refractivity (Wildman–Crippen MR) is 141 cm³/mol. The molecule has 1 saturated heterocycles. The number of likely N-dealkylation sites (tertiary alicyclic amines) is 1. The van der Waals surface area contributed by atoms with E-state index in [0.717, 1.165) is 37.1 Å². The average molecular weight is 557 g/mol. The number of benzene rings is 3. The minimum absolute atomic E-state index is 0.0885. The second-order valence-electron chi connectivity index (χ2n) is 9.48. The van der Waals surface area contributed by atoms with E-state index in [4.69, 9.17) is 19.9 Å². The molecule has 0 aromatic heterocycles. The highest BCUT2D eigenvalue weighted by Gasteiger charge is 2.41. The highest BCUT2D eigenvalue weighted by molar-refractivity contribution is 5.73. The monoisotopic (exact) mass is 556 g/mol. The number of β-amino-alcohol motifs (C(OH)–C–C–N with tert-alkyl or cyclic N) is 1. The third-order valence-corrected chi connectivity index (χ3v) is 6.74. The summed E-state index contributed by atoms with van der Waals surface area (Å²) in [4.78, 5) is 11.1. The van der Waals surface area contributed by atoms with Gasteiger partial charge < -0.3 is 25.0 Å². The van der Waals surface area contributed by atoms with Crippen LogP contribution in [0.15, 0.2) is 84.9 Å². The molecule has 3 N–H and O–H groups in total. The fraction of sp³-hybridized carbons (Fsp3) is 0.333. The van der Waals surface area contributed by atoms with Crippen LogP contribution in [-0.2, 0) is 10.4 Å². The zero-order valence-corrected chi connectivity index (χ0v) is 21.7. The molecule has 1 fully saturated rings. The van der Waals surface area contributed by atoms with E-state index in [1.807, 2.05) is 60.7 Å². The summed E-state index contributed by atoms with van der Waals surface area (Å²) in [6.07, 6.45) is -4.02. The lowest BCUT2D eigenvalue weighted by molar-refractivity contribution is -0.192. The average Bonchev–Trinajstić information content (AvgIpc) is 2.97. The van der Waals surface area contributed by atoms with Gasteiger partial charge in [-0.1, -0.05) is 60.7 Å². The van der Waals surface area contributed by atoms with Gasteiger partial charge in [0, 0.05) is 6.54 Å². The maximum absolute atomic E-state index is 12.0. The molecule has 3 aromatic rings. The van der Waals surface area contributed by atoms with Gasteiger partial charge in [-0.05, 0) is 67.2 Å². The van der Waals surface area contributed by atoms with Crippen LogP contribution in [0.25, 0.3) is 0 Å². The molecule has 0 amide bonds. The predicted octanol–water partition coefficient (Wildman–Crippen LogP) is 4.58. The Bertz CT molecular complexity index is 1200. The van der Waals surface area contributed by atoms with Gasteiger partial charge in [-0.2, -0.15) is 18.4 Å². The summed E-state index contributed by atoms with van der Waals surface area (Å²) >= 11 is 0. The van der Waals surface area contributed by atoms with E-state index in [9.17, 15) is 23.4 Å². The van der Waals surface area contributed by atoms with Crippen LogP contribution in [0.4, 0.5) is 13.2 Å². The van der Waals surface area contributed by atoms with Crippen LogP contribution in [0.1, 0.15) is 29.5 Å². The molecule has 7 nitrogen and oxygen atoms in total. The Morgan fingerprint density at radius 3 is 1.85 bits per heavy atom. The van der Waals surface area contributed by atoms with Gasteiger partial charge in [-0.25, -0.2) is 4.79 Å². The van der Waals surface area contributed by atoms with E-state index in [1.54, 1.807) is 24.3 Å². The molecule has 10 heteroatoms. The second-order valence-corrected chi connectivity index (χ2v) is 9.48. The summed E-state index contributed by atoms with van der Waals surface area (Å²) in [7, 11) is 0. The van der Waals surface area contributed by atoms with Gasteiger partial charge in [0.2, 0.25) is 0 Å². The first-order valence-electron chi connectivity index (χ1n) is 12.7. The van der Waals surface area contributed by atoms with E-state index in [0.29, 0.717) is 17.9 Å². The van der Waals surface area contributed by atoms with Crippen molar-refractivity contribution in [1.82, 2.24) is 4.90 Å². The Balaban J connectivity index is 0.000000559. The lowest BCUT2D eigenvalue weighted by atomic mass is 9.72. The van der Waals surface area contributed by atoms with Gasteiger partial charge in [0.05, 0.1) is 11.6 Å². The molecule has 1 atom stereocenters. The number of halogens is 3. The van der Waals surface area contributed by atoms with Crippen LogP contribution in [0.2, 0.25) is 0 Å². The van der Waals surface area contributed by atoms with Crippen molar-refractivity contribution < 1.29 is 38.0 Å². The molecular formula is C30H31F3N2O5. The Labute approximate surface area is 230 Å². The molecule has 1 heterocycles. The molecular weight excluding hydrogens is 525 g/mol. The molecule has 4 rings (SSSR count). The number of carbonyl (C=O) groups is 1. The molecule has 212 valence electrons. The molecule has 3 aromatic carbocycles. The molecule has 0 aliphatic carbocycles. The number of ether oxygens (including phenoxy) is 1. The number of rotatable bonds is 8. The zero-order chi connectivity index (χ0) is 29.2. The molecule has 0 radical (unpaired) electrons.